The zero-order chi connectivity index (χ0) is 22.9. The highest BCUT2D eigenvalue weighted by molar-refractivity contribution is 8.00. The van der Waals surface area contributed by atoms with Gasteiger partial charge in [-0.25, -0.2) is 14.4 Å². The summed E-state index contributed by atoms with van der Waals surface area (Å²) < 4.78 is 14.5. The van der Waals surface area contributed by atoms with Crippen molar-refractivity contribution in [2.24, 2.45) is 0 Å². The average Bonchev–Trinajstić information content (AvgIpc) is 3.68. The molecule has 5 rings (SSSR count). The van der Waals surface area contributed by atoms with Crippen molar-refractivity contribution < 1.29 is 14.0 Å². The molecule has 0 N–H and O–H groups in total. The fourth-order valence-electron chi connectivity index (χ4n) is 4.10. The van der Waals surface area contributed by atoms with Crippen molar-refractivity contribution in [2.45, 2.75) is 30.7 Å². The van der Waals surface area contributed by atoms with Crippen LogP contribution < -0.4 is 4.90 Å². The minimum absolute atomic E-state index is 0.0581. The van der Waals surface area contributed by atoms with Crippen LogP contribution in [0.3, 0.4) is 0 Å². The fourth-order valence-corrected chi connectivity index (χ4v) is 5.03. The van der Waals surface area contributed by atoms with Crippen LogP contribution in [-0.2, 0) is 4.79 Å². The lowest BCUT2D eigenvalue weighted by Crippen LogP contribution is -2.49. The lowest BCUT2D eigenvalue weighted by Gasteiger charge is -2.36. The van der Waals surface area contributed by atoms with Gasteiger partial charge in [-0.1, -0.05) is 30.0 Å². The molecule has 0 bridgehead atoms. The number of piperazine rings is 1. The van der Waals surface area contributed by atoms with Gasteiger partial charge in [0, 0.05) is 43.0 Å². The smallest absolute Gasteiger partial charge is 0.233 e. The second-order valence-electron chi connectivity index (χ2n) is 8.56. The monoisotopic (exact) mass is 464 g/mol. The van der Waals surface area contributed by atoms with E-state index in [2.05, 4.69) is 0 Å². The molecule has 33 heavy (non-hydrogen) atoms. The number of fused-ring (bicyclic) bond motifs is 1. The Morgan fingerprint density at radius 2 is 1.82 bits per heavy atom. The van der Waals surface area contributed by atoms with E-state index in [0.717, 1.165) is 34.6 Å². The number of thioether (sulfide) groups is 1. The van der Waals surface area contributed by atoms with E-state index in [1.54, 1.807) is 12.1 Å². The van der Waals surface area contributed by atoms with E-state index in [-0.39, 0.29) is 11.7 Å². The topological polar surface area (TPSA) is 66.4 Å². The van der Waals surface area contributed by atoms with Gasteiger partial charge >= 0.3 is 0 Å². The third kappa shape index (κ3) is 4.71. The van der Waals surface area contributed by atoms with Crippen LogP contribution in [0, 0.1) is 5.82 Å². The van der Waals surface area contributed by atoms with E-state index in [9.17, 15) is 14.0 Å². The van der Waals surface area contributed by atoms with Gasteiger partial charge in [-0.2, -0.15) is 0 Å². The van der Waals surface area contributed by atoms with E-state index < -0.39 is 5.82 Å². The van der Waals surface area contributed by atoms with Crippen molar-refractivity contribution in [1.82, 2.24) is 14.9 Å². The minimum Gasteiger partial charge on any atom is -0.366 e. The fraction of sp³-hybridized carbons (Fsp3) is 0.360. The van der Waals surface area contributed by atoms with Crippen LogP contribution in [0.2, 0.25) is 0 Å². The van der Waals surface area contributed by atoms with E-state index in [4.69, 9.17) is 9.97 Å². The molecule has 1 aliphatic heterocycles. The van der Waals surface area contributed by atoms with Gasteiger partial charge in [-0.15, -0.1) is 0 Å². The molecular formula is C25H25FN4O2S. The second kappa shape index (κ2) is 9.09. The molecule has 2 heterocycles. The van der Waals surface area contributed by atoms with E-state index >= 15 is 0 Å². The predicted octanol–water partition coefficient (Wildman–Crippen LogP) is 4.29. The number of para-hydroxylation sites is 1. The Morgan fingerprint density at radius 1 is 1.06 bits per heavy atom. The number of carbonyl (C=O) groups excluding carboxylic acids is 2. The second-order valence-corrected chi connectivity index (χ2v) is 9.52. The summed E-state index contributed by atoms with van der Waals surface area (Å²) in [5.74, 6) is 1.14. The van der Waals surface area contributed by atoms with Crippen LogP contribution in [-0.4, -0.2) is 58.5 Å². The molecule has 6 nitrogen and oxygen atoms in total. The normalized spacial score (nSPS) is 16.3. The lowest BCUT2D eigenvalue weighted by atomic mass is 10.1. The van der Waals surface area contributed by atoms with Gasteiger partial charge in [0.2, 0.25) is 5.91 Å². The number of nitrogens with zero attached hydrogens (tertiary/aromatic N) is 4. The summed E-state index contributed by atoms with van der Waals surface area (Å²) in [5.41, 5.74) is 1.77. The molecular weight excluding hydrogens is 439 g/mol. The summed E-state index contributed by atoms with van der Waals surface area (Å²) in [5, 5.41) is 1.84. The third-order valence-corrected chi connectivity index (χ3v) is 7.16. The Labute approximate surface area is 196 Å². The Balaban J connectivity index is 1.22. The van der Waals surface area contributed by atoms with Crippen LogP contribution in [0.15, 0.2) is 47.5 Å². The SMILES string of the molecule is CC(=O)c1ccc(N2CCN(C(=O)CSc3nc(C4CC4)nc4ccccc34)CC2)c(F)c1. The van der Waals surface area contributed by atoms with Gasteiger partial charge < -0.3 is 9.80 Å². The molecule has 0 radical (unpaired) electrons. The van der Waals surface area contributed by atoms with Gasteiger partial charge in [0.1, 0.15) is 16.7 Å². The number of ketones is 1. The molecule has 0 unspecified atom stereocenters. The van der Waals surface area contributed by atoms with Crippen molar-refractivity contribution in [3.05, 3.63) is 59.7 Å². The van der Waals surface area contributed by atoms with Gasteiger partial charge in [-0.3, -0.25) is 9.59 Å². The molecule has 0 spiro atoms. The van der Waals surface area contributed by atoms with Crippen LogP contribution in [0.1, 0.15) is 41.9 Å². The Bertz CT molecular complexity index is 1220. The minimum atomic E-state index is -0.403. The van der Waals surface area contributed by atoms with Crippen molar-refractivity contribution in [3.8, 4) is 0 Å². The summed E-state index contributed by atoms with van der Waals surface area (Å²) in [6.07, 6.45) is 2.26. The highest BCUT2D eigenvalue weighted by atomic mass is 32.2. The van der Waals surface area contributed by atoms with Crippen molar-refractivity contribution >= 4 is 40.0 Å². The summed E-state index contributed by atoms with van der Waals surface area (Å²) >= 11 is 1.47. The Hall–Kier alpha value is -3.00. The molecule has 0 atom stereocenters. The zero-order valence-electron chi connectivity index (χ0n) is 18.5. The largest absolute Gasteiger partial charge is 0.366 e. The first-order chi connectivity index (χ1) is 16.0. The molecule has 1 saturated heterocycles. The molecule has 1 saturated carbocycles. The van der Waals surface area contributed by atoms with Crippen molar-refractivity contribution in [2.75, 3.05) is 36.8 Å². The third-order valence-electron chi connectivity index (χ3n) is 6.19. The highest BCUT2D eigenvalue weighted by Crippen LogP contribution is 2.39. The number of rotatable bonds is 6. The summed E-state index contributed by atoms with van der Waals surface area (Å²) in [6, 6.07) is 12.5. The van der Waals surface area contributed by atoms with Gasteiger partial charge in [0.25, 0.3) is 0 Å². The molecule has 170 valence electrons. The number of Topliss-reactive ketones (excluding diaryl/α,β-unsaturated/α-hetero) is 1. The standard InChI is InChI=1S/C25H25FN4O2S/c1-16(31)18-8-9-22(20(26)14-18)29-10-12-30(13-11-29)23(32)15-33-25-19-4-2-3-5-21(19)27-24(28-25)17-6-7-17/h2-5,8-9,14,17H,6-7,10-13,15H2,1H3. The molecule has 2 aliphatic rings. The lowest BCUT2D eigenvalue weighted by molar-refractivity contribution is -0.128. The Morgan fingerprint density at radius 3 is 2.52 bits per heavy atom. The summed E-state index contributed by atoms with van der Waals surface area (Å²) in [4.78, 5) is 37.6. The van der Waals surface area contributed by atoms with Crippen LogP contribution in [0.5, 0.6) is 0 Å². The van der Waals surface area contributed by atoms with Crippen LogP contribution in [0.4, 0.5) is 10.1 Å². The number of benzene rings is 2. The first kappa shape index (κ1) is 21.8. The summed E-state index contributed by atoms with van der Waals surface area (Å²) in [7, 11) is 0. The molecule has 3 aromatic rings. The number of halogens is 1. The Kier molecular flexibility index (Phi) is 6.01. The zero-order valence-corrected chi connectivity index (χ0v) is 19.3. The van der Waals surface area contributed by atoms with Gasteiger partial charge in [0.15, 0.2) is 5.78 Å². The van der Waals surface area contributed by atoms with Crippen LogP contribution in [0.25, 0.3) is 10.9 Å². The van der Waals surface area contributed by atoms with Crippen LogP contribution >= 0.6 is 11.8 Å². The van der Waals surface area contributed by atoms with E-state index in [1.165, 1.54) is 24.8 Å². The van der Waals surface area contributed by atoms with Crippen molar-refractivity contribution in [1.29, 1.82) is 0 Å². The number of anilines is 1. The van der Waals surface area contributed by atoms with E-state index in [0.29, 0.717) is 49.1 Å². The molecule has 1 amide bonds. The quantitative estimate of drug-likeness (QED) is 0.308. The molecule has 1 aromatic heterocycles. The first-order valence-electron chi connectivity index (χ1n) is 11.2. The summed E-state index contributed by atoms with van der Waals surface area (Å²) in [6.45, 7) is 3.59. The number of aromatic nitrogens is 2. The molecule has 1 aliphatic carbocycles. The molecule has 8 heteroatoms. The first-order valence-corrected chi connectivity index (χ1v) is 12.2. The van der Waals surface area contributed by atoms with Crippen molar-refractivity contribution in [3.63, 3.8) is 0 Å². The predicted molar refractivity (Wildman–Crippen MR) is 127 cm³/mol. The van der Waals surface area contributed by atoms with E-state index in [1.807, 2.05) is 34.1 Å². The number of amides is 1. The van der Waals surface area contributed by atoms with Gasteiger partial charge in [-0.05, 0) is 44.0 Å². The molecule has 2 fully saturated rings. The van der Waals surface area contributed by atoms with Gasteiger partial charge in [0.05, 0.1) is 17.0 Å². The highest BCUT2D eigenvalue weighted by Gasteiger charge is 2.28. The maximum Gasteiger partial charge on any atom is 0.233 e. The average molecular weight is 465 g/mol. The maximum atomic E-state index is 14.5. The number of carbonyl (C=O) groups is 2. The maximum absolute atomic E-state index is 14.5. The molecule has 2 aromatic carbocycles. The number of hydrogen-bond donors (Lipinski definition) is 0. The number of hydrogen-bond acceptors (Lipinski definition) is 6.